The molecule has 0 spiro atoms. The number of aliphatic hydroxyl groups is 2. The maximum Gasteiger partial charge on any atom is 0.397 e. The Balaban J connectivity index is -0.0000000743. The third kappa shape index (κ3) is 29.2. The number of rotatable bonds is 3. The van der Waals surface area contributed by atoms with Crippen molar-refractivity contribution in [3.63, 3.8) is 0 Å². The molecule has 0 bridgehead atoms. The van der Waals surface area contributed by atoms with E-state index in [-0.39, 0.29) is 5.48 Å². The smallest absolute Gasteiger partial charge is 0.397 e. The molecule has 0 saturated heterocycles. The third-order valence-corrected chi connectivity index (χ3v) is 1.87. The fraction of sp³-hybridized carbons (Fsp3) is 1.00. The average Bonchev–Trinajstić information content (AvgIpc) is 2.21. The van der Waals surface area contributed by atoms with E-state index in [2.05, 4.69) is 8.37 Å². The van der Waals surface area contributed by atoms with Crippen molar-refractivity contribution in [1.29, 1.82) is 0 Å². The lowest BCUT2D eigenvalue weighted by molar-refractivity contribution is 0.315. The van der Waals surface area contributed by atoms with Crippen LogP contribution in [0.4, 0.5) is 0 Å². The van der Waals surface area contributed by atoms with Gasteiger partial charge in [-0.3, -0.25) is 12.9 Å². The second-order valence-corrected chi connectivity index (χ2v) is 4.34. The van der Waals surface area contributed by atoms with Gasteiger partial charge in [-0.05, 0) is 0 Å². The molecule has 0 amide bonds. The van der Waals surface area contributed by atoms with Gasteiger partial charge in [0.05, 0.1) is 14.2 Å². The molecule has 0 aromatic rings. The predicted molar refractivity (Wildman–Crippen MR) is 53.3 cm³/mol. The van der Waals surface area contributed by atoms with Crippen LogP contribution < -0.4 is 0 Å². The highest BCUT2D eigenvalue weighted by molar-refractivity contribution is 7.86. The van der Waals surface area contributed by atoms with Crippen molar-refractivity contribution in [3.05, 3.63) is 0 Å². The molecule has 0 atom stereocenters. The second kappa shape index (κ2) is 12.7. The summed E-state index contributed by atoms with van der Waals surface area (Å²) in [6, 6.07) is 0. The second-order valence-electron chi connectivity index (χ2n) is 1.45. The van der Waals surface area contributed by atoms with E-state index in [0.29, 0.717) is 0 Å². The van der Waals surface area contributed by atoms with Gasteiger partial charge in [-0.2, -0.15) is 16.8 Å². The van der Waals surface area contributed by atoms with Crippen LogP contribution in [0.25, 0.3) is 0 Å². The first kappa shape index (κ1) is 24.8. The molecule has 0 aliphatic heterocycles. The van der Waals surface area contributed by atoms with Crippen molar-refractivity contribution in [2.45, 2.75) is 0 Å². The predicted octanol–water partition coefficient (Wildman–Crippen LogP) is -2.87. The first-order chi connectivity index (χ1) is 6.68. The van der Waals surface area contributed by atoms with E-state index in [1.54, 1.807) is 0 Å². The lowest BCUT2D eigenvalue weighted by Crippen LogP contribution is -2.05. The minimum Gasteiger partial charge on any atom is -0.412 e. The molecule has 0 saturated carbocycles. The van der Waals surface area contributed by atoms with Gasteiger partial charge in [0.15, 0.2) is 5.94 Å². The van der Waals surface area contributed by atoms with Gasteiger partial charge in [-0.25, -0.2) is 0 Å². The van der Waals surface area contributed by atoms with Crippen LogP contribution in [-0.4, -0.2) is 64.3 Å². The Morgan fingerprint density at radius 1 is 1.00 bits per heavy atom. The van der Waals surface area contributed by atoms with E-state index in [1.807, 2.05) is 0 Å². The molecule has 0 fully saturated rings. The Morgan fingerprint density at radius 3 is 1.25 bits per heavy atom. The van der Waals surface area contributed by atoms with Crippen molar-refractivity contribution in [1.82, 2.24) is 0 Å². The van der Waals surface area contributed by atoms with Crippen molar-refractivity contribution >= 4 is 20.5 Å². The molecule has 0 aromatic heterocycles. The molecule has 104 valence electrons. The average molecular weight is 288 g/mol. The van der Waals surface area contributed by atoms with Crippen molar-refractivity contribution in [2.24, 2.45) is 0 Å². The summed E-state index contributed by atoms with van der Waals surface area (Å²) in [4.78, 5) is 0. The molecule has 0 unspecified atom stereocenters. The van der Waals surface area contributed by atoms with Gasteiger partial charge in [0.1, 0.15) is 0 Å². The van der Waals surface area contributed by atoms with Crippen LogP contribution in [0.5, 0.6) is 0 Å². The lowest BCUT2D eigenvalue weighted by atomic mass is 11.7. The van der Waals surface area contributed by atoms with Crippen LogP contribution in [-0.2, 0) is 28.9 Å². The molecule has 5 N–H and O–H groups in total. The molecule has 0 aromatic carbocycles. The summed E-state index contributed by atoms with van der Waals surface area (Å²) in [5.41, 5.74) is 0. The first-order valence-corrected chi connectivity index (χ1v) is 5.99. The maximum absolute atomic E-state index is 9.90. The summed E-state index contributed by atoms with van der Waals surface area (Å²) in [5, 5.41) is 14.9. The standard InChI is InChI=1S/C2H6O4S.CH4O4S.CH4O.H2O/c1-6-7(4,5)2-3;1-5-6(2,3)4;1-2;/h3H,2H2,1H3;1H3,(H,2,3,4);2H,1H3;1H2. The lowest BCUT2D eigenvalue weighted by Gasteiger charge is -1.90. The Morgan fingerprint density at radius 2 is 1.25 bits per heavy atom. The maximum atomic E-state index is 9.90. The summed E-state index contributed by atoms with van der Waals surface area (Å²) in [7, 11) is -4.90. The fourth-order valence-corrected chi connectivity index (χ4v) is 0.158. The van der Waals surface area contributed by atoms with Crippen LogP contribution in [0.3, 0.4) is 0 Å². The summed E-state index contributed by atoms with van der Waals surface area (Å²) in [6.45, 7) is 0. The van der Waals surface area contributed by atoms with E-state index in [0.717, 1.165) is 21.3 Å². The number of aliphatic hydroxyl groups excluding tert-OH is 2. The van der Waals surface area contributed by atoms with Crippen molar-refractivity contribution in [2.75, 3.05) is 27.3 Å². The van der Waals surface area contributed by atoms with Gasteiger partial charge in [-0.1, -0.05) is 0 Å². The van der Waals surface area contributed by atoms with Crippen molar-refractivity contribution in [3.8, 4) is 0 Å². The van der Waals surface area contributed by atoms with E-state index < -0.39 is 26.5 Å². The molecule has 0 aliphatic carbocycles. The van der Waals surface area contributed by atoms with Crippen LogP contribution in [0.1, 0.15) is 0 Å². The molecule has 16 heavy (non-hydrogen) atoms. The summed E-state index contributed by atoms with van der Waals surface area (Å²) in [6.07, 6.45) is 0. The molecule has 0 heterocycles. The summed E-state index contributed by atoms with van der Waals surface area (Å²) in [5.74, 6) is -0.955. The Kier molecular flexibility index (Phi) is 19.7. The summed E-state index contributed by atoms with van der Waals surface area (Å²) < 4.78 is 53.3. The normalized spacial score (nSPS) is 9.88. The van der Waals surface area contributed by atoms with Crippen LogP contribution >= 0.6 is 0 Å². The number of hydrogen-bond donors (Lipinski definition) is 3. The van der Waals surface area contributed by atoms with Gasteiger partial charge in [0, 0.05) is 7.11 Å². The van der Waals surface area contributed by atoms with Gasteiger partial charge < -0.3 is 15.7 Å². The van der Waals surface area contributed by atoms with Gasteiger partial charge >= 0.3 is 10.4 Å². The van der Waals surface area contributed by atoms with E-state index in [9.17, 15) is 16.8 Å². The third-order valence-electron chi connectivity index (χ3n) is 0.623. The van der Waals surface area contributed by atoms with Gasteiger partial charge in [0.25, 0.3) is 10.1 Å². The topological polar surface area (TPSA) is 179 Å². The first-order valence-electron chi connectivity index (χ1n) is 3.05. The molecular formula is C4H16O10S2. The highest BCUT2D eigenvalue weighted by Crippen LogP contribution is 1.82. The van der Waals surface area contributed by atoms with Crippen molar-refractivity contribution < 1.29 is 45.4 Å². The minimum atomic E-state index is -4.16. The monoisotopic (exact) mass is 288 g/mol. The zero-order valence-electron chi connectivity index (χ0n) is 8.81. The zero-order valence-corrected chi connectivity index (χ0v) is 10.4. The van der Waals surface area contributed by atoms with Gasteiger partial charge in [-0.15, -0.1) is 0 Å². The zero-order chi connectivity index (χ0) is 13.1. The molecule has 12 heteroatoms. The van der Waals surface area contributed by atoms with E-state index >= 15 is 0 Å². The molecule has 0 radical (unpaired) electrons. The van der Waals surface area contributed by atoms with Crippen LogP contribution in [0, 0.1) is 0 Å². The Bertz CT molecular complexity index is 292. The molecule has 0 aliphatic rings. The minimum absolute atomic E-state index is 0. The largest absolute Gasteiger partial charge is 0.412 e. The quantitative estimate of drug-likeness (QED) is 0.363. The highest BCUT2D eigenvalue weighted by Gasteiger charge is 2.01. The molecule has 10 nitrogen and oxygen atoms in total. The Labute approximate surface area is 93.8 Å². The number of hydrogen-bond acceptors (Lipinski definition) is 8. The van der Waals surface area contributed by atoms with E-state index in [1.165, 1.54) is 0 Å². The van der Waals surface area contributed by atoms with Crippen LogP contribution in [0.2, 0.25) is 0 Å². The highest BCUT2D eigenvalue weighted by atomic mass is 32.3. The molecular weight excluding hydrogens is 272 g/mol. The SMILES string of the molecule is CO.COS(=O)(=O)CO.COS(=O)(=O)O.O. The van der Waals surface area contributed by atoms with Gasteiger partial charge in [0.2, 0.25) is 0 Å². The molecule has 0 rings (SSSR count). The Hall–Kier alpha value is -0.340. The van der Waals surface area contributed by atoms with E-state index in [4.69, 9.17) is 14.8 Å². The summed E-state index contributed by atoms with van der Waals surface area (Å²) >= 11 is 0. The fourth-order valence-electron chi connectivity index (χ4n) is 0.0527. The van der Waals surface area contributed by atoms with Crippen LogP contribution in [0.15, 0.2) is 0 Å².